The fourth-order valence-electron chi connectivity index (χ4n) is 1.80. The van der Waals surface area contributed by atoms with E-state index in [-0.39, 0.29) is 5.91 Å². The van der Waals surface area contributed by atoms with E-state index in [0.29, 0.717) is 5.02 Å². The van der Waals surface area contributed by atoms with Crippen LogP contribution in [0.3, 0.4) is 0 Å². The quantitative estimate of drug-likeness (QED) is 0.681. The van der Waals surface area contributed by atoms with Gasteiger partial charge in [0.1, 0.15) is 0 Å². The first-order valence-corrected chi connectivity index (χ1v) is 6.74. The van der Waals surface area contributed by atoms with Gasteiger partial charge >= 0.3 is 0 Å². The highest BCUT2D eigenvalue weighted by Crippen LogP contribution is 2.16. The monoisotopic (exact) mass is 302 g/mol. The van der Waals surface area contributed by atoms with Crippen molar-refractivity contribution in [1.29, 1.82) is 0 Å². The molecule has 0 aliphatic carbocycles. The molecule has 0 spiro atoms. The van der Waals surface area contributed by atoms with Crippen molar-refractivity contribution in [1.82, 2.24) is 5.43 Å². The molecule has 0 aromatic heterocycles. The number of nitrogens with one attached hydrogen (secondary N) is 1. The lowest BCUT2D eigenvalue weighted by Crippen LogP contribution is -2.26. The van der Waals surface area contributed by atoms with Crippen LogP contribution in [0, 0.1) is 0 Å². The summed E-state index contributed by atoms with van der Waals surface area (Å²) in [6, 6.07) is 16.4. The number of carbonyl (C=O) groups is 1. The molecule has 2 aromatic carbocycles. The van der Waals surface area contributed by atoms with Crippen LogP contribution in [0.25, 0.3) is 0 Å². The number of methoxy groups -OCH3 is 1. The third kappa shape index (κ3) is 4.41. The van der Waals surface area contributed by atoms with Gasteiger partial charge in [0.05, 0.1) is 6.21 Å². The summed E-state index contributed by atoms with van der Waals surface area (Å²) in [5, 5.41) is 4.57. The van der Waals surface area contributed by atoms with Gasteiger partial charge in [0.2, 0.25) is 0 Å². The molecule has 108 valence electrons. The molecule has 0 saturated carbocycles. The molecular weight excluding hydrogens is 288 g/mol. The van der Waals surface area contributed by atoms with Crippen LogP contribution in [0.15, 0.2) is 59.7 Å². The summed E-state index contributed by atoms with van der Waals surface area (Å²) in [6.07, 6.45) is 0.861. The van der Waals surface area contributed by atoms with E-state index in [0.717, 1.165) is 11.1 Å². The Labute approximate surface area is 128 Å². The average Bonchev–Trinajstić information content (AvgIpc) is 2.51. The first kappa shape index (κ1) is 15.2. The van der Waals surface area contributed by atoms with Crippen molar-refractivity contribution in [2.24, 2.45) is 5.10 Å². The molecule has 0 heterocycles. The normalized spacial score (nSPS) is 12.3. The summed E-state index contributed by atoms with van der Waals surface area (Å²) < 4.78 is 5.21. The Kier molecular flexibility index (Phi) is 5.49. The minimum Gasteiger partial charge on any atom is -0.367 e. The minimum atomic E-state index is -0.687. The lowest BCUT2D eigenvalue weighted by molar-refractivity contribution is -0.131. The zero-order valence-corrected chi connectivity index (χ0v) is 12.2. The lowest BCUT2D eigenvalue weighted by Gasteiger charge is -2.13. The molecule has 0 aliphatic heterocycles. The number of hydrazone groups is 1. The van der Waals surface area contributed by atoms with Gasteiger partial charge in [0, 0.05) is 12.1 Å². The molecule has 0 aliphatic rings. The van der Waals surface area contributed by atoms with Crippen LogP contribution < -0.4 is 5.43 Å². The van der Waals surface area contributed by atoms with Crippen LogP contribution in [-0.2, 0) is 9.53 Å². The van der Waals surface area contributed by atoms with E-state index < -0.39 is 6.10 Å². The topological polar surface area (TPSA) is 50.7 Å². The van der Waals surface area contributed by atoms with Crippen LogP contribution in [0.5, 0.6) is 0 Å². The number of hydrogen-bond donors (Lipinski definition) is 1. The second-order valence-corrected chi connectivity index (χ2v) is 4.75. The first-order valence-electron chi connectivity index (χ1n) is 6.37. The Morgan fingerprint density at radius 2 is 1.86 bits per heavy atom. The molecule has 5 heteroatoms. The van der Waals surface area contributed by atoms with Gasteiger partial charge in [-0.25, -0.2) is 5.43 Å². The Morgan fingerprint density at radius 3 is 2.48 bits per heavy atom. The number of carbonyl (C=O) groups excluding carboxylic acids is 1. The van der Waals surface area contributed by atoms with Gasteiger partial charge in [-0.2, -0.15) is 5.10 Å². The maximum absolute atomic E-state index is 12.0. The zero-order chi connectivity index (χ0) is 15.1. The van der Waals surface area contributed by atoms with Crippen molar-refractivity contribution in [3.63, 3.8) is 0 Å². The van der Waals surface area contributed by atoms with Crippen LogP contribution in [0.4, 0.5) is 0 Å². The molecule has 1 N–H and O–H groups in total. The van der Waals surface area contributed by atoms with Crippen molar-refractivity contribution < 1.29 is 9.53 Å². The van der Waals surface area contributed by atoms with Crippen molar-refractivity contribution in [3.8, 4) is 0 Å². The number of nitrogens with zero attached hydrogens (tertiary/aromatic N) is 1. The third-order valence-electron chi connectivity index (χ3n) is 2.83. The zero-order valence-electron chi connectivity index (χ0n) is 11.5. The van der Waals surface area contributed by atoms with Crippen LogP contribution >= 0.6 is 11.6 Å². The van der Waals surface area contributed by atoms with Gasteiger partial charge in [-0.1, -0.05) is 54.1 Å². The van der Waals surface area contributed by atoms with Gasteiger partial charge in [-0.15, -0.1) is 0 Å². The van der Waals surface area contributed by atoms with Crippen molar-refractivity contribution >= 4 is 23.7 Å². The fraction of sp³-hybridized carbons (Fsp3) is 0.125. The largest absolute Gasteiger partial charge is 0.367 e. The number of benzene rings is 2. The predicted octanol–water partition coefficient (Wildman–Crippen LogP) is 3.18. The maximum Gasteiger partial charge on any atom is 0.273 e. The summed E-state index contributed by atoms with van der Waals surface area (Å²) in [5.41, 5.74) is 4.09. The number of halogens is 1. The lowest BCUT2D eigenvalue weighted by atomic mass is 10.1. The van der Waals surface area contributed by atoms with Crippen LogP contribution in [0.2, 0.25) is 5.02 Å². The van der Waals surface area contributed by atoms with Gasteiger partial charge < -0.3 is 4.74 Å². The summed E-state index contributed by atoms with van der Waals surface area (Å²) >= 11 is 5.79. The molecule has 1 unspecified atom stereocenters. The number of amides is 1. The molecule has 21 heavy (non-hydrogen) atoms. The van der Waals surface area contributed by atoms with E-state index >= 15 is 0 Å². The molecule has 0 fully saturated rings. The van der Waals surface area contributed by atoms with E-state index in [2.05, 4.69) is 10.5 Å². The van der Waals surface area contributed by atoms with Crippen LogP contribution in [0.1, 0.15) is 17.2 Å². The molecule has 2 aromatic rings. The smallest absolute Gasteiger partial charge is 0.273 e. The molecule has 4 nitrogen and oxygen atoms in total. The number of ether oxygens (including phenoxy) is 1. The van der Waals surface area contributed by atoms with Crippen molar-refractivity contribution in [2.45, 2.75) is 6.10 Å². The molecule has 0 bridgehead atoms. The Balaban J connectivity index is 1.98. The van der Waals surface area contributed by atoms with Gasteiger partial charge in [0.15, 0.2) is 6.10 Å². The van der Waals surface area contributed by atoms with Gasteiger partial charge in [-0.05, 0) is 23.3 Å². The minimum absolute atomic E-state index is 0.325. The average molecular weight is 303 g/mol. The Bertz CT molecular complexity index is 612. The highest BCUT2D eigenvalue weighted by Gasteiger charge is 2.18. The second-order valence-electron chi connectivity index (χ2n) is 4.31. The van der Waals surface area contributed by atoms with E-state index in [1.807, 2.05) is 42.5 Å². The second kappa shape index (κ2) is 7.57. The van der Waals surface area contributed by atoms with Gasteiger partial charge in [-0.3, -0.25) is 4.79 Å². The molecule has 0 radical (unpaired) electrons. The molecule has 2 rings (SSSR count). The summed E-state index contributed by atoms with van der Waals surface area (Å²) in [5.74, 6) is -0.325. The van der Waals surface area contributed by atoms with Crippen molar-refractivity contribution in [2.75, 3.05) is 7.11 Å². The highest BCUT2D eigenvalue weighted by molar-refractivity contribution is 6.30. The summed E-state index contributed by atoms with van der Waals surface area (Å²) in [6.45, 7) is 0. The Morgan fingerprint density at radius 1 is 1.19 bits per heavy atom. The predicted molar refractivity (Wildman–Crippen MR) is 83.4 cm³/mol. The van der Waals surface area contributed by atoms with E-state index in [4.69, 9.17) is 16.3 Å². The SMILES string of the molecule is COC(C(=O)NN=Cc1ccc(Cl)cc1)c1ccccc1. The van der Waals surface area contributed by atoms with Crippen LogP contribution in [-0.4, -0.2) is 19.2 Å². The van der Waals surface area contributed by atoms with Crippen molar-refractivity contribution in [3.05, 3.63) is 70.7 Å². The van der Waals surface area contributed by atoms with E-state index in [1.165, 1.54) is 7.11 Å². The third-order valence-corrected chi connectivity index (χ3v) is 3.09. The first-order chi connectivity index (χ1) is 10.2. The molecule has 1 atom stereocenters. The van der Waals surface area contributed by atoms with E-state index in [9.17, 15) is 4.79 Å². The number of hydrogen-bond acceptors (Lipinski definition) is 3. The maximum atomic E-state index is 12.0. The fourth-order valence-corrected chi connectivity index (χ4v) is 1.93. The van der Waals surface area contributed by atoms with Gasteiger partial charge in [0.25, 0.3) is 5.91 Å². The Hall–Kier alpha value is -2.17. The number of rotatable bonds is 5. The summed E-state index contributed by atoms with van der Waals surface area (Å²) in [7, 11) is 1.49. The molecule has 1 amide bonds. The van der Waals surface area contributed by atoms with E-state index in [1.54, 1.807) is 18.3 Å². The molecule has 0 saturated heterocycles. The molecular formula is C16H15ClN2O2. The summed E-state index contributed by atoms with van der Waals surface area (Å²) in [4.78, 5) is 12.0. The standard InChI is InChI=1S/C16H15ClN2O2/c1-21-15(13-5-3-2-4-6-13)16(20)19-18-11-12-7-9-14(17)10-8-12/h2-11,15H,1H3,(H,19,20). The highest BCUT2D eigenvalue weighted by atomic mass is 35.5.